The molecule has 1 fully saturated rings. The SMILES string of the molecule is CCN(C(=O)C1(c2ccccc2)CC1)C(C)CC(=O)O. The lowest BCUT2D eigenvalue weighted by molar-refractivity contribution is -0.141. The van der Waals surface area contributed by atoms with Crippen LogP contribution in [0.25, 0.3) is 0 Å². The number of hydrogen-bond acceptors (Lipinski definition) is 2. The number of carboxylic acid groups (broad SMARTS) is 1. The molecular formula is C16H21NO3. The molecule has 1 atom stereocenters. The van der Waals surface area contributed by atoms with E-state index in [1.165, 1.54) is 0 Å². The molecule has 0 aliphatic heterocycles. The molecule has 0 heterocycles. The van der Waals surface area contributed by atoms with Crippen molar-refractivity contribution in [1.29, 1.82) is 0 Å². The van der Waals surface area contributed by atoms with E-state index >= 15 is 0 Å². The van der Waals surface area contributed by atoms with Crippen molar-refractivity contribution in [2.45, 2.75) is 44.6 Å². The second-order valence-corrected chi connectivity index (χ2v) is 5.49. The number of hydrogen-bond donors (Lipinski definition) is 1. The molecule has 0 aromatic heterocycles. The smallest absolute Gasteiger partial charge is 0.305 e. The molecular weight excluding hydrogens is 254 g/mol. The normalized spacial score (nSPS) is 17.3. The molecule has 2 rings (SSSR count). The number of amides is 1. The van der Waals surface area contributed by atoms with Crippen LogP contribution in [0.15, 0.2) is 30.3 Å². The molecule has 1 N–H and O–H groups in total. The summed E-state index contributed by atoms with van der Waals surface area (Å²) in [6, 6.07) is 9.53. The number of carboxylic acids is 1. The van der Waals surface area contributed by atoms with Crippen molar-refractivity contribution >= 4 is 11.9 Å². The third-order valence-electron chi connectivity index (χ3n) is 4.09. The number of benzene rings is 1. The average Bonchev–Trinajstić information content (AvgIpc) is 3.21. The minimum Gasteiger partial charge on any atom is -0.481 e. The summed E-state index contributed by atoms with van der Waals surface area (Å²) >= 11 is 0. The molecule has 1 aromatic carbocycles. The highest BCUT2D eigenvalue weighted by molar-refractivity contribution is 5.91. The van der Waals surface area contributed by atoms with Gasteiger partial charge >= 0.3 is 5.97 Å². The summed E-state index contributed by atoms with van der Waals surface area (Å²) in [5.74, 6) is -0.798. The number of rotatable bonds is 6. The molecule has 4 nitrogen and oxygen atoms in total. The first kappa shape index (κ1) is 14.6. The summed E-state index contributed by atoms with van der Waals surface area (Å²) in [6.45, 7) is 4.25. The van der Waals surface area contributed by atoms with Crippen LogP contribution in [0.4, 0.5) is 0 Å². The van der Waals surface area contributed by atoms with Crippen molar-refractivity contribution in [2.75, 3.05) is 6.54 Å². The van der Waals surface area contributed by atoms with Gasteiger partial charge in [-0.05, 0) is 32.3 Å². The molecule has 0 radical (unpaired) electrons. The lowest BCUT2D eigenvalue weighted by Gasteiger charge is -2.31. The molecule has 1 unspecified atom stereocenters. The van der Waals surface area contributed by atoms with Crippen LogP contribution in [-0.2, 0) is 15.0 Å². The summed E-state index contributed by atoms with van der Waals surface area (Å²) < 4.78 is 0. The Morgan fingerprint density at radius 2 is 1.90 bits per heavy atom. The third kappa shape index (κ3) is 2.69. The van der Waals surface area contributed by atoms with Crippen molar-refractivity contribution in [3.63, 3.8) is 0 Å². The van der Waals surface area contributed by atoms with E-state index in [-0.39, 0.29) is 18.4 Å². The van der Waals surface area contributed by atoms with E-state index in [0.29, 0.717) is 6.54 Å². The molecule has 1 aromatic rings. The molecule has 1 aliphatic carbocycles. The van der Waals surface area contributed by atoms with Gasteiger partial charge in [0.1, 0.15) is 0 Å². The lowest BCUT2D eigenvalue weighted by Crippen LogP contribution is -2.45. The third-order valence-corrected chi connectivity index (χ3v) is 4.09. The largest absolute Gasteiger partial charge is 0.481 e. The van der Waals surface area contributed by atoms with Gasteiger partial charge in [-0.15, -0.1) is 0 Å². The fourth-order valence-electron chi connectivity index (χ4n) is 2.80. The van der Waals surface area contributed by atoms with Crippen LogP contribution in [0.5, 0.6) is 0 Å². The molecule has 1 amide bonds. The molecule has 1 aliphatic rings. The van der Waals surface area contributed by atoms with E-state index in [1.807, 2.05) is 37.3 Å². The topological polar surface area (TPSA) is 57.6 Å². The minimum atomic E-state index is -0.867. The van der Waals surface area contributed by atoms with Crippen molar-refractivity contribution in [1.82, 2.24) is 4.90 Å². The van der Waals surface area contributed by atoms with Crippen LogP contribution in [0, 0.1) is 0 Å². The monoisotopic (exact) mass is 275 g/mol. The highest BCUT2D eigenvalue weighted by Crippen LogP contribution is 2.49. The Bertz CT molecular complexity index is 494. The van der Waals surface area contributed by atoms with Crippen molar-refractivity contribution in [2.24, 2.45) is 0 Å². The first-order chi connectivity index (χ1) is 9.51. The fourth-order valence-corrected chi connectivity index (χ4v) is 2.80. The lowest BCUT2D eigenvalue weighted by atomic mass is 9.93. The molecule has 4 heteroatoms. The zero-order valence-electron chi connectivity index (χ0n) is 12.0. The minimum absolute atomic E-state index is 0.00947. The number of carbonyl (C=O) groups is 2. The number of nitrogens with zero attached hydrogens (tertiary/aromatic N) is 1. The molecule has 1 saturated carbocycles. The Hall–Kier alpha value is -1.84. The van der Waals surface area contributed by atoms with Gasteiger partial charge in [-0.1, -0.05) is 30.3 Å². The number of likely N-dealkylation sites (N-methyl/N-ethyl adjacent to an activating group) is 1. The Balaban J connectivity index is 2.19. The van der Waals surface area contributed by atoms with E-state index in [2.05, 4.69) is 0 Å². The average molecular weight is 275 g/mol. The summed E-state index contributed by atoms with van der Waals surface area (Å²) in [7, 11) is 0. The first-order valence-corrected chi connectivity index (χ1v) is 7.09. The maximum atomic E-state index is 12.8. The Morgan fingerprint density at radius 3 is 2.35 bits per heavy atom. The Kier molecular flexibility index (Phi) is 4.12. The molecule has 108 valence electrons. The van der Waals surface area contributed by atoms with Crippen molar-refractivity contribution in [3.05, 3.63) is 35.9 Å². The maximum Gasteiger partial charge on any atom is 0.305 e. The molecule has 20 heavy (non-hydrogen) atoms. The van der Waals surface area contributed by atoms with Gasteiger partial charge in [-0.3, -0.25) is 9.59 Å². The predicted octanol–water partition coefficient (Wildman–Crippen LogP) is 2.43. The maximum absolute atomic E-state index is 12.8. The van der Waals surface area contributed by atoms with E-state index in [4.69, 9.17) is 5.11 Å². The Morgan fingerprint density at radius 1 is 1.30 bits per heavy atom. The van der Waals surface area contributed by atoms with Crippen LogP contribution in [0.3, 0.4) is 0 Å². The highest BCUT2D eigenvalue weighted by atomic mass is 16.4. The number of aliphatic carboxylic acids is 1. The molecule has 0 bridgehead atoms. The van der Waals surface area contributed by atoms with Gasteiger partial charge in [0.2, 0.25) is 5.91 Å². The van der Waals surface area contributed by atoms with Crippen LogP contribution < -0.4 is 0 Å². The van der Waals surface area contributed by atoms with Gasteiger partial charge in [0, 0.05) is 12.6 Å². The van der Waals surface area contributed by atoms with Gasteiger partial charge in [-0.25, -0.2) is 0 Å². The summed E-state index contributed by atoms with van der Waals surface area (Å²) in [6.07, 6.45) is 1.70. The second-order valence-electron chi connectivity index (χ2n) is 5.49. The molecule has 0 spiro atoms. The van der Waals surface area contributed by atoms with E-state index in [0.717, 1.165) is 18.4 Å². The van der Waals surface area contributed by atoms with E-state index < -0.39 is 11.4 Å². The standard InChI is InChI=1S/C16H21NO3/c1-3-17(12(2)11-14(18)19)15(20)16(9-10-16)13-7-5-4-6-8-13/h4-8,12H,3,9-11H2,1-2H3,(H,18,19). The van der Waals surface area contributed by atoms with Gasteiger partial charge < -0.3 is 10.0 Å². The zero-order chi connectivity index (χ0) is 14.8. The zero-order valence-corrected chi connectivity index (χ0v) is 12.0. The van der Waals surface area contributed by atoms with Gasteiger partial charge in [-0.2, -0.15) is 0 Å². The Labute approximate surface area is 119 Å². The van der Waals surface area contributed by atoms with Crippen LogP contribution >= 0.6 is 0 Å². The van der Waals surface area contributed by atoms with Gasteiger partial charge in [0.05, 0.1) is 11.8 Å². The highest BCUT2D eigenvalue weighted by Gasteiger charge is 2.53. The van der Waals surface area contributed by atoms with E-state index in [1.54, 1.807) is 11.8 Å². The van der Waals surface area contributed by atoms with Crippen LogP contribution in [0.1, 0.15) is 38.7 Å². The van der Waals surface area contributed by atoms with Crippen LogP contribution in [-0.4, -0.2) is 34.5 Å². The van der Waals surface area contributed by atoms with Gasteiger partial charge in [0.25, 0.3) is 0 Å². The van der Waals surface area contributed by atoms with Crippen molar-refractivity contribution < 1.29 is 14.7 Å². The van der Waals surface area contributed by atoms with Gasteiger partial charge in [0.15, 0.2) is 0 Å². The second kappa shape index (κ2) is 5.65. The molecule has 0 saturated heterocycles. The van der Waals surface area contributed by atoms with E-state index in [9.17, 15) is 9.59 Å². The number of carbonyl (C=O) groups excluding carboxylic acids is 1. The quantitative estimate of drug-likeness (QED) is 0.867. The summed E-state index contributed by atoms with van der Waals surface area (Å²) in [5.41, 5.74) is 0.635. The summed E-state index contributed by atoms with van der Waals surface area (Å²) in [4.78, 5) is 25.4. The first-order valence-electron chi connectivity index (χ1n) is 7.09. The van der Waals surface area contributed by atoms with Crippen LogP contribution in [0.2, 0.25) is 0 Å². The fraction of sp³-hybridized carbons (Fsp3) is 0.500. The summed E-state index contributed by atoms with van der Waals surface area (Å²) in [5, 5.41) is 8.91. The predicted molar refractivity (Wildman–Crippen MR) is 76.5 cm³/mol. The van der Waals surface area contributed by atoms with Crippen molar-refractivity contribution in [3.8, 4) is 0 Å².